The van der Waals surface area contributed by atoms with Crippen LogP contribution in [0.25, 0.3) is 0 Å². The van der Waals surface area contributed by atoms with E-state index in [9.17, 15) is 13.2 Å². The van der Waals surface area contributed by atoms with Crippen molar-refractivity contribution in [3.8, 4) is 0 Å². The largest absolute Gasteiger partial charge is 0.416 e. The molecule has 0 saturated heterocycles. The van der Waals surface area contributed by atoms with Crippen LogP contribution in [0, 0.1) is 6.92 Å². The summed E-state index contributed by atoms with van der Waals surface area (Å²) in [6.07, 6.45) is -4.40. The Hall–Kier alpha value is -2.15. The molecule has 0 aliphatic rings. The molecular formula is C14H12F3N3S. The summed E-state index contributed by atoms with van der Waals surface area (Å²) in [5.41, 5.74) is 6.29. The Morgan fingerprint density at radius 1 is 1.24 bits per heavy atom. The zero-order valence-corrected chi connectivity index (χ0v) is 11.8. The molecule has 2 aromatic rings. The topological polar surface area (TPSA) is 50.9 Å². The molecule has 1 aromatic carbocycles. The fourth-order valence-electron chi connectivity index (χ4n) is 1.76. The second kappa shape index (κ2) is 5.69. The molecule has 2 rings (SSSR count). The molecule has 0 saturated carbocycles. The van der Waals surface area contributed by atoms with E-state index in [0.29, 0.717) is 17.1 Å². The summed E-state index contributed by atoms with van der Waals surface area (Å²) in [6, 6.07) is 8.26. The van der Waals surface area contributed by atoms with Gasteiger partial charge in [-0.1, -0.05) is 18.3 Å². The quantitative estimate of drug-likeness (QED) is 0.847. The van der Waals surface area contributed by atoms with Crippen LogP contribution >= 0.6 is 12.2 Å². The van der Waals surface area contributed by atoms with Crippen molar-refractivity contribution in [3.05, 3.63) is 53.2 Å². The van der Waals surface area contributed by atoms with Gasteiger partial charge < -0.3 is 11.1 Å². The van der Waals surface area contributed by atoms with Gasteiger partial charge in [0.05, 0.1) is 11.1 Å². The number of aromatic nitrogens is 1. The Balaban J connectivity index is 2.39. The predicted octanol–water partition coefficient (Wildman–Crippen LogP) is 3.79. The number of hydrogen-bond donors (Lipinski definition) is 2. The first kappa shape index (κ1) is 15.2. The molecule has 0 spiro atoms. The molecule has 3 nitrogen and oxygen atoms in total. The van der Waals surface area contributed by atoms with Gasteiger partial charge in [0.15, 0.2) is 0 Å². The van der Waals surface area contributed by atoms with Crippen LogP contribution in [0.1, 0.15) is 16.8 Å². The SMILES string of the molecule is Cc1ccc(C(N)=S)c(Nc2cccc(C(F)(F)F)c2)n1. The van der Waals surface area contributed by atoms with Crippen molar-refractivity contribution in [1.29, 1.82) is 0 Å². The molecule has 110 valence electrons. The number of anilines is 2. The second-order valence-corrected chi connectivity index (χ2v) is 4.86. The van der Waals surface area contributed by atoms with Crippen LogP contribution in [0.3, 0.4) is 0 Å². The van der Waals surface area contributed by atoms with E-state index < -0.39 is 11.7 Å². The van der Waals surface area contributed by atoms with Crippen molar-refractivity contribution < 1.29 is 13.2 Å². The first-order valence-corrected chi connectivity index (χ1v) is 6.40. The van der Waals surface area contributed by atoms with Crippen LogP contribution in [-0.4, -0.2) is 9.97 Å². The number of hydrogen-bond acceptors (Lipinski definition) is 3. The molecule has 0 unspecified atom stereocenters. The van der Waals surface area contributed by atoms with Gasteiger partial charge in [0.1, 0.15) is 10.8 Å². The molecule has 3 N–H and O–H groups in total. The van der Waals surface area contributed by atoms with Gasteiger partial charge in [-0.15, -0.1) is 0 Å². The highest BCUT2D eigenvalue weighted by molar-refractivity contribution is 7.80. The van der Waals surface area contributed by atoms with Crippen LogP contribution < -0.4 is 11.1 Å². The maximum Gasteiger partial charge on any atom is 0.416 e. The third kappa shape index (κ3) is 3.69. The number of halogens is 3. The molecule has 0 atom stereocenters. The van der Waals surface area contributed by atoms with Gasteiger partial charge in [0.2, 0.25) is 0 Å². The number of nitrogens with one attached hydrogen (secondary N) is 1. The number of benzene rings is 1. The lowest BCUT2D eigenvalue weighted by Gasteiger charge is -2.13. The lowest BCUT2D eigenvalue weighted by atomic mass is 10.2. The molecule has 21 heavy (non-hydrogen) atoms. The standard InChI is InChI=1S/C14H12F3N3S/c1-8-5-6-11(12(18)21)13(19-8)20-10-4-2-3-9(7-10)14(15,16)17/h2-7H,1H3,(H2,18,21)(H,19,20). The lowest BCUT2D eigenvalue weighted by molar-refractivity contribution is -0.137. The van der Waals surface area contributed by atoms with Crippen molar-refractivity contribution in [1.82, 2.24) is 4.98 Å². The number of aryl methyl sites for hydroxylation is 1. The monoisotopic (exact) mass is 311 g/mol. The van der Waals surface area contributed by atoms with Crippen LogP contribution in [0.5, 0.6) is 0 Å². The second-order valence-electron chi connectivity index (χ2n) is 4.42. The first-order chi connectivity index (χ1) is 9.77. The van der Waals surface area contributed by atoms with Crippen LogP contribution in [0.2, 0.25) is 0 Å². The Bertz CT molecular complexity index is 683. The lowest BCUT2D eigenvalue weighted by Crippen LogP contribution is -2.13. The summed E-state index contributed by atoms with van der Waals surface area (Å²) in [5, 5.41) is 2.83. The Morgan fingerprint density at radius 2 is 1.95 bits per heavy atom. The summed E-state index contributed by atoms with van der Waals surface area (Å²) in [7, 11) is 0. The van der Waals surface area contributed by atoms with Crippen LogP contribution in [0.15, 0.2) is 36.4 Å². The van der Waals surface area contributed by atoms with Crippen molar-refractivity contribution in [2.45, 2.75) is 13.1 Å². The summed E-state index contributed by atoms with van der Waals surface area (Å²) in [4.78, 5) is 4.34. The van der Waals surface area contributed by atoms with Gasteiger partial charge in [0, 0.05) is 11.4 Å². The minimum atomic E-state index is -4.40. The molecule has 0 aliphatic carbocycles. The van der Waals surface area contributed by atoms with Crippen molar-refractivity contribution in [3.63, 3.8) is 0 Å². The minimum absolute atomic E-state index is 0.122. The summed E-state index contributed by atoms with van der Waals surface area (Å²) in [6.45, 7) is 1.76. The van der Waals surface area contributed by atoms with E-state index in [-0.39, 0.29) is 10.7 Å². The maximum absolute atomic E-state index is 12.7. The molecule has 1 heterocycles. The molecule has 0 bridgehead atoms. The first-order valence-electron chi connectivity index (χ1n) is 5.99. The smallest absolute Gasteiger partial charge is 0.389 e. The molecule has 0 amide bonds. The van der Waals surface area contributed by atoms with Crippen molar-refractivity contribution in [2.24, 2.45) is 5.73 Å². The van der Waals surface area contributed by atoms with Gasteiger partial charge in [-0.3, -0.25) is 0 Å². The van der Waals surface area contributed by atoms with Gasteiger partial charge in [-0.05, 0) is 37.3 Å². The average Bonchev–Trinajstić information content (AvgIpc) is 2.37. The highest BCUT2D eigenvalue weighted by Gasteiger charge is 2.30. The highest BCUT2D eigenvalue weighted by atomic mass is 32.1. The van der Waals surface area contributed by atoms with Gasteiger partial charge in [-0.25, -0.2) is 4.98 Å². The molecule has 0 fully saturated rings. The van der Waals surface area contributed by atoms with Gasteiger partial charge in [-0.2, -0.15) is 13.2 Å². The van der Waals surface area contributed by atoms with E-state index in [1.165, 1.54) is 12.1 Å². The summed E-state index contributed by atoms with van der Waals surface area (Å²) >= 11 is 4.91. The van der Waals surface area contributed by atoms with Gasteiger partial charge >= 0.3 is 6.18 Å². The summed E-state index contributed by atoms with van der Waals surface area (Å²) < 4.78 is 38.1. The number of thiocarbonyl (C=S) groups is 1. The summed E-state index contributed by atoms with van der Waals surface area (Å²) in [5.74, 6) is 0.335. The van der Waals surface area contributed by atoms with E-state index in [2.05, 4.69) is 10.3 Å². The normalized spacial score (nSPS) is 11.2. The minimum Gasteiger partial charge on any atom is -0.389 e. The Morgan fingerprint density at radius 3 is 2.57 bits per heavy atom. The fraction of sp³-hybridized carbons (Fsp3) is 0.143. The van der Waals surface area contributed by atoms with Crippen LogP contribution in [-0.2, 0) is 6.18 Å². The van der Waals surface area contributed by atoms with Crippen molar-refractivity contribution >= 4 is 28.7 Å². The third-order valence-corrected chi connectivity index (χ3v) is 2.97. The Kier molecular flexibility index (Phi) is 4.13. The van der Waals surface area contributed by atoms with Gasteiger partial charge in [0.25, 0.3) is 0 Å². The zero-order valence-electron chi connectivity index (χ0n) is 11.0. The van der Waals surface area contributed by atoms with Crippen molar-refractivity contribution in [2.75, 3.05) is 5.32 Å². The maximum atomic E-state index is 12.7. The molecule has 0 radical (unpaired) electrons. The van der Waals surface area contributed by atoms with E-state index in [4.69, 9.17) is 18.0 Å². The number of nitrogens with zero attached hydrogens (tertiary/aromatic N) is 1. The number of rotatable bonds is 3. The molecule has 7 heteroatoms. The molecular weight excluding hydrogens is 299 g/mol. The zero-order chi connectivity index (χ0) is 15.6. The van der Waals surface area contributed by atoms with E-state index in [1.54, 1.807) is 19.1 Å². The third-order valence-electron chi connectivity index (χ3n) is 2.75. The Labute approximate surface area is 125 Å². The number of alkyl halides is 3. The fourth-order valence-corrected chi connectivity index (χ4v) is 1.93. The highest BCUT2D eigenvalue weighted by Crippen LogP contribution is 2.31. The average molecular weight is 311 g/mol. The number of nitrogens with two attached hydrogens (primary N) is 1. The molecule has 0 aliphatic heterocycles. The van der Waals surface area contributed by atoms with E-state index >= 15 is 0 Å². The van der Waals surface area contributed by atoms with Crippen LogP contribution in [0.4, 0.5) is 24.7 Å². The van der Waals surface area contributed by atoms with E-state index in [1.807, 2.05) is 0 Å². The molecule has 1 aromatic heterocycles. The number of pyridine rings is 1. The van der Waals surface area contributed by atoms with E-state index in [0.717, 1.165) is 12.1 Å². The predicted molar refractivity (Wildman–Crippen MR) is 79.6 cm³/mol.